The second-order valence-corrected chi connectivity index (χ2v) is 2.95. The summed E-state index contributed by atoms with van der Waals surface area (Å²) in [5.74, 6) is -0.894. The average molecular weight is 191 g/mol. The molecule has 14 heavy (non-hydrogen) atoms. The Labute approximate surface area is 83.1 Å². The maximum absolute atomic E-state index is 11.3. The van der Waals surface area contributed by atoms with Crippen LogP contribution < -0.4 is 5.32 Å². The zero-order valence-electron chi connectivity index (χ0n) is 8.12. The minimum atomic E-state index is -0.503. The molecule has 0 aliphatic rings. The molecule has 0 bridgehead atoms. The maximum atomic E-state index is 11.3. The number of hydrogen-bond donors (Lipinski definition) is 1. The number of benzene rings is 1. The molecule has 0 fully saturated rings. The normalized spacial score (nSPS) is 9.50. The Morgan fingerprint density at radius 1 is 1.21 bits per heavy atom. The lowest BCUT2D eigenvalue weighted by molar-refractivity contribution is -0.137. The molecule has 0 atom stereocenters. The van der Waals surface area contributed by atoms with Crippen molar-refractivity contribution >= 4 is 11.7 Å². The Kier molecular flexibility index (Phi) is 3.85. The van der Waals surface area contributed by atoms with E-state index in [1.165, 1.54) is 0 Å². The summed E-state index contributed by atoms with van der Waals surface area (Å²) in [6.45, 7) is 2.27. The van der Waals surface area contributed by atoms with Crippen LogP contribution in [0.2, 0.25) is 0 Å². The van der Waals surface area contributed by atoms with Gasteiger partial charge in [0.25, 0.3) is 5.91 Å². The van der Waals surface area contributed by atoms with Crippen LogP contribution in [0.3, 0.4) is 0 Å². The Hall–Kier alpha value is -1.64. The molecule has 0 aliphatic carbocycles. The summed E-state index contributed by atoms with van der Waals surface area (Å²) < 4.78 is 0. The predicted octanol–water partition coefficient (Wildman–Crippen LogP) is 0.934. The lowest BCUT2D eigenvalue weighted by Crippen LogP contribution is -2.31. The molecule has 1 N–H and O–H groups in total. The molecule has 3 nitrogen and oxygen atoms in total. The lowest BCUT2D eigenvalue weighted by Gasteiger charge is -2.00. The molecule has 0 saturated heterocycles. The predicted molar refractivity (Wildman–Crippen MR) is 53.8 cm³/mol. The second kappa shape index (κ2) is 5.17. The Bertz CT molecular complexity index is 319. The van der Waals surface area contributed by atoms with Crippen LogP contribution in [0.15, 0.2) is 30.3 Å². The Balaban J connectivity index is 2.53. The van der Waals surface area contributed by atoms with Crippen LogP contribution in [0.5, 0.6) is 0 Å². The number of carbonyl (C=O) groups excluding carboxylic acids is 2. The number of ketones is 1. The van der Waals surface area contributed by atoms with Crippen molar-refractivity contribution in [3.05, 3.63) is 35.9 Å². The third-order valence-electron chi connectivity index (χ3n) is 1.80. The molecule has 74 valence electrons. The van der Waals surface area contributed by atoms with Crippen molar-refractivity contribution in [2.24, 2.45) is 0 Å². The van der Waals surface area contributed by atoms with E-state index in [0.717, 1.165) is 5.56 Å². The van der Waals surface area contributed by atoms with E-state index in [9.17, 15) is 9.59 Å². The highest BCUT2D eigenvalue weighted by atomic mass is 16.2. The summed E-state index contributed by atoms with van der Waals surface area (Å²) in [7, 11) is 0. The van der Waals surface area contributed by atoms with E-state index < -0.39 is 11.7 Å². The molecule has 1 rings (SSSR count). The highest BCUT2D eigenvalue weighted by Gasteiger charge is 2.12. The minimum absolute atomic E-state index is 0.173. The van der Waals surface area contributed by atoms with Gasteiger partial charge in [-0.15, -0.1) is 0 Å². The van der Waals surface area contributed by atoms with Gasteiger partial charge >= 0.3 is 0 Å². The van der Waals surface area contributed by atoms with Crippen molar-refractivity contribution in [1.29, 1.82) is 0 Å². The van der Waals surface area contributed by atoms with E-state index in [0.29, 0.717) is 6.54 Å². The van der Waals surface area contributed by atoms with Gasteiger partial charge in [-0.3, -0.25) is 9.59 Å². The van der Waals surface area contributed by atoms with Gasteiger partial charge < -0.3 is 5.32 Å². The molecule has 1 aromatic carbocycles. The summed E-state index contributed by atoms with van der Waals surface area (Å²) in [6, 6.07) is 9.23. The summed E-state index contributed by atoms with van der Waals surface area (Å²) in [4.78, 5) is 22.4. The molecule has 3 heteroatoms. The third kappa shape index (κ3) is 3.01. The molecule has 0 spiro atoms. The molecular formula is C11H13NO2. The highest BCUT2D eigenvalue weighted by molar-refractivity contribution is 6.36. The molecular weight excluding hydrogens is 178 g/mol. The lowest BCUT2D eigenvalue weighted by atomic mass is 10.1. The van der Waals surface area contributed by atoms with E-state index in [1.807, 2.05) is 30.3 Å². The van der Waals surface area contributed by atoms with Crippen molar-refractivity contribution in [3.8, 4) is 0 Å². The number of hydrogen-bond acceptors (Lipinski definition) is 2. The molecule has 0 aliphatic heterocycles. The van der Waals surface area contributed by atoms with E-state index >= 15 is 0 Å². The zero-order chi connectivity index (χ0) is 10.4. The van der Waals surface area contributed by atoms with Crippen LogP contribution in [0.1, 0.15) is 12.5 Å². The summed E-state index contributed by atoms with van der Waals surface area (Å²) in [5.41, 5.74) is 0.865. The average Bonchev–Trinajstić information content (AvgIpc) is 2.19. The summed E-state index contributed by atoms with van der Waals surface area (Å²) >= 11 is 0. The first-order valence-corrected chi connectivity index (χ1v) is 4.59. The molecule has 1 amide bonds. The van der Waals surface area contributed by atoms with Gasteiger partial charge in [0.15, 0.2) is 0 Å². The van der Waals surface area contributed by atoms with Crippen LogP contribution in [-0.2, 0) is 16.0 Å². The van der Waals surface area contributed by atoms with Crippen LogP contribution >= 0.6 is 0 Å². The first kappa shape index (κ1) is 10.4. The van der Waals surface area contributed by atoms with Crippen molar-refractivity contribution in [2.75, 3.05) is 6.54 Å². The molecule has 0 heterocycles. The molecule has 0 aromatic heterocycles. The van der Waals surface area contributed by atoms with Crippen LogP contribution in [0.4, 0.5) is 0 Å². The fraction of sp³-hybridized carbons (Fsp3) is 0.273. The van der Waals surface area contributed by atoms with Gasteiger partial charge in [-0.05, 0) is 12.5 Å². The van der Waals surface area contributed by atoms with Crippen molar-refractivity contribution < 1.29 is 9.59 Å². The Morgan fingerprint density at radius 2 is 1.86 bits per heavy atom. The summed E-state index contributed by atoms with van der Waals surface area (Å²) in [6.07, 6.45) is 0.173. The van der Waals surface area contributed by atoms with Crippen molar-refractivity contribution in [2.45, 2.75) is 13.3 Å². The summed E-state index contributed by atoms with van der Waals surface area (Å²) in [5, 5.41) is 2.48. The number of likely N-dealkylation sites (N-methyl/N-ethyl adjacent to an activating group) is 1. The quantitative estimate of drug-likeness (QED) is 0.720. The van der Waals surface area contributed by atoms with Crippen LogP contribution in [-0.4, -0.2) is 18.2 Å². The number of Topliss-reactive ketones (excluding diaryl/α,β-unsaturated/α-hetero) is 1. The number of amides is 1. The second-order valence-electron chi connectivity index (χ2n) is 2.95. The minimum Gasteiger partial charge on any atom is -0.350 e. The SMILES string of the molecule is CCNC(=O)C(=O)Cc1ccccc1. The van der Waals surface area contributed by atoms with E-state index in [2.05, 4.69) is 5.32 Å². The van der Waals surface area contributed by atoms with E-state index in [4.69, 9.17) is 0 Å². The van der Waals surface area contributed by atoms with Gasteiger partial charge in [-0.1, -0.05) is 30.3 Å². The fourth-order valence-electron chi connectivity index (χ4n) is 1.12. The maximum Gasteiger partial charge on any atom is 0.287 e. The smallest absolute Gasteiger partial charge is 0.287 e. The van der Waals surface area contributed by atoms with Gasteiger partial charge in [0.2, 0.25) is 5.78 Å². The first-order chi connectivity index (χ1) is 6.74. The molecule has 0 radical (unpaired) electrons. The molecule has 0 unspecified atom stereocenters. The molecule has 1 aromatic rings. The largest absolute Gasteiger partial charge is 0.350 e. The highest BCUT2D eigenvalue weighted by Crippen LogP contribution is 1.99. The number of nitrogens with one attached hydrogen (secondary N) is 1. The Morgan fingerprint density at radius 3 is 2.43 bits per heavy atom. The number of rotatable bonds is 4. The van der Waals surface area contributed by atoms with Gasteiger partial charge in [-0.25, -0.2) is 0 Å². The van der Waals surface area contributed by atoms with E-state index in [1.54, 1.807) is 6.92 Å². The van der Waals surface area contributed by atoms with Crippen LogP contribution in [0, 0.1) is 0 Å². The van der Waals surface area contributed by atoms with Crippen LogP contribution in [0.25, 0.3) is 0 Å². The third-order valence-corrected chi connectivity index (χ3v) is 1.80. The van der Waals surface area contributed by atoms with E-state index in [-0.39, 0.29) is 6.42 Å². The fourth-order valence-corrected chi connectivity index (χ4v) is 1.12. The van der Waals surface area contributed by atoms with Crippen molar-refractivity contribution in [1.82, 2.24) is 5.32 Å². The monoisotopic (exact) mass is 191 g/mol. The number of carbonyl (C=O) groups is 2. The van der Waals surface area contributed by atoms with Gasteiger partial charge in [0.05, 0.1) is 0 Å². The zero-order valence-corrected chi connectivity index (χ0v) is 8.12. The molecule has 0 saturated carbocycles. The van der Waals surface area contributed by atoms with Gasteiger partial charge in [0.1, 0.15) is 0 Å². The first-order valence-electron chi connectivity index (χ1n) is 4.59. The van der Waals surface area contributed by atoms with Crippen molar-refractivity contribution in [3.63, 3.8) is 0 Å². The topological polar surface area (TPSA) is 46.2 Å². The van der Waals surface area contributed by atoms with Gasteiger partial charge in [0, 0.05) is 13.0 Å². The van der Waals surface area contributed by atoms with Gasteiger partial charge in [-0.2, -0.15) is 0 Å². The standard InChI is InChI=1S/C11H13NO2/c1-2-12-11(14)10(13)8-9-6-4-3-5-7-9/h3-7H,2,8H2,1H3,(H,12,14).